The van der Waals surface area contributed by atoms with Crippen LogP contribution in [0.5, 0.6) is 0 Å². The summed E-state index contributed by atoms with van der Waals surface area (Å²) >= 11 is 0. The topological polar surface area (TPSA) is 71.1 Å². The Kier molecular flexibility index (Phi) is 11.5. The first-order valence-electron chi connectivity index (χ1n) is 7.18. The summed E-state index contributed by atoms with van der Waals surface area (Å²) in [4.78, 5) is 22.5. The zero-order valence-electron chi connectivity index (χ0n) is 13.2. The summed E-state index contributed by atoms with van der Waals surface area (Å²) in [5.41, 5.74) is 0.343. The zero-order chi connectivity index (χ0) is 16.1. The van der Waals surface area contributed by atoms with Gasteiger partial charge in [0.1, 0.15) is 6.61 Å². The van der Waals surface area contributed by atoms with E-state index in [4.69, 9.17) is 18.9 Å². The largest absolute Gasteiger partial charge is 0.460 e. The van der Waals surface area contributed by atoms with Gasteiger partial charge in [-0.25, -0.2) is 4.79 Å². The van der Waals surface area contributed by atoms with Crippen LogP contribution in [0.3, 0.4) is 0 Å². The molecule has 6 nitrogen and oxygen atoms in total. The first kappa shape index (κ1) is 19.6. The van der Waals surface area contributed by atoms with Crippen LogP contribution in [0, 0.1) is 0 Å². The van der Waals surface area contributed by atoms with Crippen molar-refractivity contribution in [2.45, 2.75) is 46.3 Å². The van der Waals surface area contributed by atoms with Gasteiger partial charge in [-0.05, 0) is 20.3 Å². The fourth-order valence-corrected chi connectivity index (χ4v) is 1.25. The summed E-state index contributed by atoms with van der Waals surface area (Å²) < 4.78 is 20.3. The summed E-state index contributed by atoms with van der Waals surface area (Å²) in [6, 6.07) is 0. The van der Waals surface area contributed by atoms with Crippen LogP contribution in [0.4, 0.5) is 0 Å². The third kappa shape index (κ3) is 12.1. The molecule has 0 fully saturated rings. The standard InChI is InChI=1S/C15H26O6/c1-5-6-8-19-13(4)21-14(16)7-9-18-10-11-20-15(17)12(2)3/h13H,2,5-11H2,1,3-4H3. The molecule has 0 aliphatic rings. The second-order valence-corrected chi connectivity index (χ2v) is 4.56. The smallest absolute Gasteiger partial charge is 0.333 e. The molecule has 0 radical (unpaired) electrons. The second-order valence-electron chi connectivity index (χ2n) is 4.56. The molecule has 0 aromatic heterocycles. The Balaban J connectivity index is 3.49. The minimum absolute atomic E-state index is 0.135. The van der Waals surface area contributed by atoms with E-state index in [-0.39, 0.29) is 32.2 Å². The van der Waals surface area contributed by atoms with Crippen LogP contribution >= 0.6 is 0 Å². The van der Waals surface area contributed by atoms with Crippen molar-refractivity contribution in [2.24, 2.45) is 0 Å². The lowest BCUT2D eigenvalue weighted by Crippen LogP contribution is -2.20. The van der Waals surface area contributed by atoms with Gasteiger partial charge in [0, 0.05) is 5.57 Å². The molecule has 1 unspecified atom stereocenters. The molecule has 0 aromatic rings. The van der Waals surface area contributed by atoms with E-state index < -0.39 is 12.3 Å². The molecular weight excluding hydrogens is 276 g/mol. The number of carbonyl (C=O) groups excluding carboxylic acids is 2. The van der Waals surface area contributed by atoms with Crippen LogP contribution in [0.15, 0.2) is 12.2 Å². The third-order valence-electron chi connectivity index (χ3n) is 2.41. The molecule has 0 aliphatic carbocycles. The van der Waals surface area contributed by atoms with E-state index in [0.29, 0.717) is 12.2 Å². The van der Waals surface area contributed by atoms with Gasteiger partial charge in [-0.1, -0.05) is 19.9 Å². The predicted octanol–water partition coefficient (Wildman–Crippen LogP) is 2.22. The Bertz CT molecular complexity index is 326. The SMILES string of the molecule is C=C(C)C(=O)OCCOCCC(=O)OC(C)OCCCC. The van der Waals surface area contributed by atoms with Gasteiger partial charge in [0.25, 0.3) is 0 Å². The van der Waals surface area contributed by atoms with Crippen molar-refractivity contribution in [3.8, 4) is 0 Å². The molecule has 0 saturated carbocycles. The van der Waals surface area contributed by atoms with E-state index in [1.54, 1.807) is 13.8 Å². The van der Waals surface area contributed by atoms with Crippen molar-refractivity contribution in [1.82, 2.24) is 0 Å². The third-order valence-corrected chi connectivity index (χ3v) is 2.41. The molecule has 0 amide bonds. The van der Waals surface area contributed by atoms with Crippen LogP contribution in [0.25, 0.3) is 0 Å². The number of carbonyl (C=O) groups is 2. The van der Waals surface area contributed by atoms with Crippen molar-refractivity contribution < 1.29 is 28.5 Å². The highest BCUT2D eigenvalue weighted by molar-refractivity contribution is 5.86. The maximum Gasteiger partial charge on any atom is 0.333 e. The molecular formula is C15H26O6. The quantitative estimate of drug-likeness (QED) is 0.238. The Labute approximate surface area is 126 Å². The molecule has 21 heavy (non-hydrogen) atoms. The summed E-state index contributed by atoms with van der Waals surface area (Å²) in [5, 5.41) is 0. The van der Waals surface area contributed by atoms with E-state index in [9.17, 15) is 9.59 Å². The van der Waals surface area contributed by atoms with Crippen LogP contribution in [-0.2, 0) is 28.5 Å². The lowest BCUT2D eigenvalue weighted by molar-refractivity contribution is -0.176. The van der Waals surface area contributed by atoms with Gasteiger partial charge in [-0.2, -0.15) is 0 Å². The summed E-state index contributed by atoms with van der Waals surface area (Å²) in [6.07, 6.45) is 1.56. The second kappa shape index (κ2) is 12.3. The molecule has 1 atom stereocenters. The van der Waals surface area contributed by atoms with E-state index in [1.807, 2.05) is 0 Å². The average Bonchev–Trinajstić information content (AvgIpc) is 2.42. The Morgan fingerprint density at radius 2 is 1.86 bits per heavy atom. The maximum atomic E-state index is 11.4. The number of ether oxygens (including phenoxy) is 4. The average molecular weight is 302 g/mol. The van der Waals surface area contributed by atoms with Crippen LogP contribution in [0.2, 0.25) is 0 Å². The molecule has 0 aromatic carbocycles. The molecule has 0 saturated heterocycles. The first-order valence-corrected chi connectivity index (χ1v) is 7.18. The molecule has 0 bridgehead atoms. The highest BCUT2D eigenvalue weighted by Gasteiger charge is 2.09. The van der Waals surface area contributed by atoms with Crippen molar-refractivity contribution in [3.05, 3.63) is 12.2 Å². The Morgan fingerprint density at radius 1 is 1.14 bits per heavy atom. The number of hydrogen-bond donors (Lipinski definition) is 0. The molecule has 0 rings (SSSR count). The zero-order valence-corrected chi connectivity index (χ0v) is 13.2. The van der Waals surface area contributed by atoms with E-state index in [0.717, 1.165) is 12.8 Å². The van der Waals surface area contributed by atoms with Gasteiger partial charge in [0.05, 0.1) is 26.2 Å². The van der Waals surface area contributed by atoms with Crippen LogP contribution in [-0.4, -0.2) is 44.7 Å². The van der Waals surface area contributed by atoms with Crippen molar-refractivity contribution in [2.75, 3.05) is 26.4 Å². The minimum Gasteiger partial charge on any atom is -0.460 e. The van der Waals surface area contributed by atoms with Crippen LogP contribution < -0.4 is 0 Å². The summed E-state index contributed by atoms with van der Waals surface area (Å²) in [5.74, 6) is -0.825. The highest BCUT2D eigenvalue weighted by atomic mass is 16.7. The maximum absolute atomic E-state index is 11.4. The van der Waals surface area contributed by atoms with Crippen molar-refractivity contribution in [3.63, 3.8) is 0 Å². The van der Waals surface area contributed by atoms with Gasteiger partial charge in [0.15, 0.2) is 6.29 Å². The lowest BCUT2D eigenvalue weighted by Gasteiger charge is -2.13. The van der Waals surface area contributed by atoms with Gasteiger partial charge in [-0.3, -0.25) is 4.79 Å². The Hall–Kier alpha value is -1.40. The Morgan fingerprint density at radius 3 is 2.48 bits per heavy atom. The van der Waals surface area contributed by atoms with Gasteiger partial charge < -0.3 is 18.9 Å². The number of esters is 2. The predicted molar refractivity (Wildman–Crippen MR) is 77.6 cm³/mol. The van der Waals surface area contributed by atoms with Crippen LogP contribution in [0.1, 0.15) is 40.0 Å². The minimum atomic E-state index is -0.541. The number of unbranched alkanes of at least 4 members (excludes halogenated alkanes) is 1. The monoisotopic (exact) mass is 302 g/mol. The lowest BCUT2D eigenvalue weighted by atomic mass is 10.4. The molecule has 122 valence electrons. The van der Waals surface area contributed by atoms with Gasteiger partial charge in [0.2, 0.25) is 0 Å². The molecule has 0 heterocycles. The van der Waals surface area contributed by atoms with E-state index in [2.05, 4.69) is 13.5 Å². The number of rotatable bonds is 12. The molecule has 6 heteroatoms. The van der Waals surface area contributed by atoms with E-state index >= 15 is 0 Å². The molecule has 0 N–H and O–H groups in total. The van der Waals surface area contributed by atoms with E-state index in [1.165, 1.54) is 0 Å². The van der Waals surface area contributed by atoms with Gasteiger partial charge >= 0.3 is 11.9 Å². The number of hydrogen-bond acceptors (Lipinski definition) is 6. The van der Waals surface area contributed by atoms with Crippen molar-refractivity contribution in [1.29, 1.82) is 0 Å². The molecule has 0 aliphatic heterocycles. The summed E-state index contributed by atoms with van der Waals surface area (Å²) in [6.45, 7) is 9.94. The highest BCUT2D eigenvalue weighted by Crippen LogP contribution is 2.00. The normalized spacial score (nSPS) is 11.8. The summed E-state index contributed by atoms with van der Waals surface area (Å²) in [7, 11) is 0. The fourth-order valence-electron chi connectivity index (χ4n) is 1.25. The molecule has 0 spiro atoms. The fraction of sp³-hybridized carbons (Fsp3) is 0.733. The first-order chi connectivity index (χ1) is 9.97. The van der Waals surface area contributed by atoms with Crippen molar-refractivity contribution >= 4 is 11.9 Å². The van der Waals surface area contributed by atoms with Gasteiger partial charge in [-0.15, -0.1) is 0 Å².